The lowest BCUT2D eigenvalue weighted by Gasteiger charge is -2.19. The highest BCUT2D eigenvalue weighted by Gasteiger charge is 2.16. The third kappa shape index (κ3) is 2.42. The summed E-state index contributed by atoms with van der Waals surface area (Å²) in [6, 6.07) is 15.0. The maximum atomic E-state index is 6.16. The molecule has 0 fully saturated rings. The summed E-state index contributed by atoms with van der Waals surface area (Å²) >= 11 is 6.16. The van der Waals surface area contributed by atoms with Crippen LogP contribution < -0.4 is 17.0 Å². The summed E-state index contributed by atoms with van der Waals surface area (Å²) in [7, 11) is 0. The Bertz CT molecular complexity index is 468. The molecule has 2 aromatic rings. The largest absolute Gasteiger partial charge is 0.398 e. The summed E-state index contributed by atoms with van der Waals surface area (Å²) in [5.74, 6) is 5.61. The number of nitrogen functional groups attached to an aromatic ring is 1. The lowest BCUT2D eigenvalue weighted by atomic mass is 9.98. The molecule has 0 aliphatic rings. The molecule has 0 radical (unpaired) electrons. The van der Waals surface area contributed by atoms with E-state index in [1.54, 1.807) is 0 Å². The summed E-state index contributed by atoms with van der Waals surface area (Å²) < 4.78 is 0. The second kappa shape index (κ2) is 5.19. The lowest BCUT2D eigenvalue weighted by Crippen LogP contribution is -2.29. The van der Waals surface area contributed by atoms with Gasteiger partial charge in [0.1, 0.15) is 0 Å². The van der Waals surface area contributed by atoms with Gasteiger partial charge in [-0.3, -0.25) is 5.84 Å². The first-order valence-corrected chi connectivity index (χ1v) is 5.67. The molecule has 88 valence electrons. The van der Waals surface area contributed by atoms with Gasteiger partial charge in [0.25, 0.3) is 0 Å². The van der Waals surface area contributed by atoms with Crippen molar-refractivity contribution >= 4 is 17.3 Å². The Morgan fingerprint density at radius 1 is 0.941 bits per heavy atom. The quantitative estimate of drug-likeness (QED) is 0.444. The molecule has 4 heteroatoms. The third-order valence-electron chi connectivity index (χ3n) is 2.69. The Morgan fingerprint density at radius 3 is 2.12 bits per heavy atom. The van der Waals surface area contributed by atoms with Crippen LogP contribution in [-0.2, 0) is 0 Å². The average Bonchev–Trinajstić information content (AvgIpc) is 2.34. The molecule has 0 aromatic heterocycles. The molecule has 1 unspecified atom stereocenters. The van der Waals surface area contributed by atoms with E-state index in [2.05, 4.69) is 5.43 Å². The van der Waals surface area contributed by atoms with Crippen LogP contribution in [0, 0.1) is 0 Å². The molecule has 3 nitrogen and oxygen atoms in total. The smallest absolute Gasteiger partial charge is 0.0744 e. The molecular formula is C13H14ClN3. The minimum atomic E-state index is -0.204. The van der Waals surface area contributed by atoms with Crippen molar-refractivity contribution in [3.05, 3.63) is 64.7 Å². The van der Waals surface area contributed by atoms with Gasteiger partial charge in [-0.2, -0.15) is 0 Å². The average molecular weight is 248 g/mol. The van der Waals surface area contributed by atoms with Gasteiger partial charge in [0, 0.05) is 10.7 Å². The minimum Gasteiger partial charge on any atom is -0.398 e. The molecule has 17 heavy (non-hydrogen) atoms. The van der Waals surface area contributed by atoms with Crippen molar-refractivity contribution in [2.75, 3.05) is 5.73 Å². The van der Waals surface area contributed by atoms with Crippen molar-refractivity contribution in [2.24, 2.45) is 5.84 Å². The summed E-state index contributed by atoms with van der Waals surface area (Å²) in [5, 5.41) is 0.665. The minimum absolute atomic E-state index is 0.204. The fourth-order valence-electron chi connectivity index (χ4n) is 1.83. The van der Waals surface area contributed by atoms with Gasteiger partial charge in [0.2, 0.25) is 0 Å². The number of rotatable bonds is 3. The van der Waals surface area contributed by atoms with Crippen LogP contribution in [0.5, 0.6) is 0 Å². The molecule has 2 aromatic carbocycles. The van der Waals surface area contributed by atoms with E-state index in [0.29, 0.717) is 10.7 Å². The number of hydrogen-bond acceptors (Lipinski definition) is 3. The first-order chi connectivity index (χ1) is 8.24. The van der Waals surface area contributed by atoms with Crippen molar-refractivity contribution in [1.29, 1.82) is 0 Å². The summed E-state index contributed by atoms with van der Waals surface area (Å²) in [4.78, 5) is 0. The van der Waals surface area contributed by atoms with Crippen LogP contribution in [0.1, 0.15) is 17.2 Å². The summed E-state index contributed by atoms with van der Waals surface area (Å²) in [6.45, 7) is 0. The first-order valence-electron chi connectivity index (χ1n) is 5.29. The van der Waals surface area contributed by atoms with Crippen LogP contribution in [0.25, 0.3) is 0 Å². The molecule has 1 atom stereocenters. The second-order valence-corrected chi connectivity index (χ2v) is 4.16. The van der Waals surface area contributed by atoms with E-state index < -0.39 is 0 Å². The Balaban J connectivity index is 2.48. The molecule has 2 rings (SSSR count). The van der Waals surface area contributed by atoms with Crippen molar-refractivity contribution in [3.8, 4) is 0 Å². The topological polar surface area (TPSA) is 64.1 Å². The first kappa shape index (κ1) is 11.9. The van der Waals surface area contributed by atoms with Gasteiger partial charge in [-0.1, -0.05) is 48.0 Å². The summed E-state index contributed by atoms with van der Waals surface area (Å²) in [5.41, 5.74) is 11.2. The van der Waals surface area contributed by atoms with Crippen LogP contribution in [0.2, 0.25) is 5.02 Å². The molecule has 0 aliphatic carbocycles. The Morgan fingerprint density at radius 2 is 1.53 bits per heavy atom. The molecule has 0 saturated heterocycles. The highest BCUT2D eigenvalue weighted by Crippen LogP contribution is 2.30. The van der Waals surface area contributed by atoms with Crippen molar-refractivity contribution < 1.29 is 0 Å². The zero-order valence-corrected chi connectivity index (χ0v) is 9.98. The van der Waals surface area contributed by atoms with Gasteiger partial charge in [-0.05, 0) is 23.3 Å². The van der Waals surface area contributed by atoms with E-state index in [1.807, 2.05) is 48.5 Å². The highest BCUT2D eigenvalue weighted by molar-refractivity contribution is 6.31. The Labute approximate surface area is 105 Å². The molecule has 0 amide bonds. The van der Waals surface area contributed by atoms with Crippen LogP contribution in [0.4, 0.5) is 5.69 Å². The zero-order valence-electron chi connectivity index (χ0n) is 9.23. The fourth-order valence-corrected chi connectivity index (χ4v) is 2.07. The lowest BCUT2D eigenvalue weighted by molar-refractivity contribution is 0.639. The van der Waals surface area contributed by atoms with Gasteiger partial charge in [0.05, 0.1) is 6.04 Å². The standard InChI is InChI=1S/C13H14ClN3/c14-11-7-3-1-5-9(11)13(17-16)10-6-2-4-8-12(10)15/h1-8,13,17H,15-16H2. The SMILES string of the molecule is NNC(c1ccccc1N)c1ccccc1Cl. The van der Waals surface area contributed by atoms with E-state index in [-0.39, 0.29) is 6.04 Å². The number of para-hydroxylation sites is 1. The zero-order chi connectivity index (χ0) is 12.3. The fraction of sp³-hybridized carbons (Fsp3) is 0.0769. The number of nitrogens with one attached hydrogen (secondary N) is 1. The number of nitrogens with two attached hydrogens (primary N) is 2. The van der Waals surface area contributed by atoms with Crippen LogP contribution >= 0.6 is 11.6 Å². The molecule has 0 spiro atoms. The van der Waals surface area contributed by atoms with E-state index in [1.165, 1.54) is 0 Å². The normalized spacial score (nSPS) is 12.4. The predicted octanol–water partition coefficient (Wildman–Crippen LogP) is 2.47. The van der Waals surface area contributed by atoms with E-state index >= 15 is 0 Å². The second-order valence-electron chi connectivity index (χ2n) is 3.75. The number of anilines is 1. The third-order valence-corrected chi connectivity index (χ3v) is 3.03. The van der Waals surface area contributed by atoms with E-state index in [0.717, 1.165) is 11.1 Å². The Kier molecular flexibility index (Phi) is 3.64. The molecule has 0 aliphatic heterocycles. The van der Waals surface area contributed by atoms with Crippen molar-refractivity contribution in [3.63, 3.8) is 0 Å². The molecule has 5 N–H and O–H groups in total. The van der Waals surface area contributed by atoms with Gasteiger partial charge in [-0.15, -0.1) is 0 Å². The van der Waals surface area contributed by atoms with E-state index in [4.69, 9.17) is 23.2 Å². The highest BCUT2D eigenvalue weighted by atomic mass is 35.5. The molecule has 0 saturated carbocycles. The summed E-state index contributed by atoms with van der Waals surface area (Å²) in [6.07, 6.45) is 0. The predicted molar refractivity (Wildman–Crippen MR) is 71.5 cm³/mol. The molecular weight excluding hydrogens is 234 g/mol. The van der Waals surface area contributed by atoms with Gasteiger partial charge in [0.15, 0.2) is 0 Å². The van der Waals surface area contributed by atoms with Crippen LogP contribution in [0.15, 0.2) is 48.5 Å². The van der Waals surface area contributed by atoms with Gasteiger partial charge >= 0.3 is 0 Å². The van der Waals surface area contributed by atoms with E-state index in [9.17, 15) is 0 Å². The monoisotopic (exact) mass is 247 g/mol. The van der Waals surface area contributed by atoms with Gasteiger partial charge < -0.3 is 5.73 Å². The van der Waals surface area contributed by atoms with Gasteiger partial charge in [-0.25, -0.2) is 5.43 Å². The molecule has 0 heterocycles. The van der Waals surface area contributed by atoms with Crippen molar-refractivity contribution in [2.45, 2.75) is 6.04 Å². The van der Waals surface area contributed by atoms with Crippen LogP contribution in [0.3, 0.4) is 0 Å². The maximum Gasteiger partial charge on any atom is 0.0744 e. The maximum absolute atomic E-state index is 6.16. The number of benzene rings is 2. The number of hydrazine groups is 1. The van der Waals surface area contributed by atoms with Crippen molar-refractivity contribution in [1.82, 2.24) is 5.43 Å². The van der Waals surface area contributed by atoms with Crippen LogP contribution in [-0.4, -0.2) is 0 Å². The number of halogens is 1. The number of hydrogen-bond donors (Lipinski definition) is 3. The molecule has 0 bridgehead atoms. The Hall–Kier alpha value is -1.55.